The Morgan fingerprint density at radius 1 is 1.18 bits per heavy atom. The molecule has 3 nitrogen and oxygen atoms in total. The van der Waals surface area contributed by atoms with Crippen LogP contribution < -0.4 is 15.4 Å². The van der Waals surface area contributed by atoms with E-state index in [9.17, 15) is 0 Å². The Bertz CT molecular complexity index is 648. The lowest BCUT2D eigenvalue weighted by Gasteiger charge is -2.15. The van der Waals surface area contributed by atoms with E-state index in [0.29, 0.717) is 16.7 Å². The third-order valence-corrected chi connectivity index (χ3v) is 3.83. The highest BCUT2D eigenvalue weighted by molar-refractivity contribution is 7.80. The normalized spacial score (nSPS) is 10.2. The molecule has 0 unspecified atom stereocenters. The first-order valence-corrected chi connectivity index (χ1v) is 7.72. The van der Waals surface area contributed by atoms with Crippen LogP contribution in [-0.4, -0.2) is 12.2 Å². The lowest BCUT2D eigenvalue weighted by molar-refractivity contribution is 0.414. The molecule has 0 amide bonds. The molecule has 2 aromatic carbocycles. The monoisotopic (exact) mass is 334 g/mol. The van der Waals surface area contributed by atoms with Crippen LogP contribution in [0.2, 0.25) is 5.02 Å². The second-order valence-corrected chi connectivity index (χ2v) is 5.91. The molecule has 5 heteroatoms. The maximum absolute atomic E-state index is 6.27. The van der Waals surface area contributed by atoms with Crippen LogP contribution in [0.15, 0.2) is 36.4 Å². The van der Waals surface area contributed by atoms with E-state index in [0.717, 1.165) is 28.1 Å². The molecule has 0 aliphatic rings. The van der Waals surface area contributed by atoms with Crippen molar-refractivity contribution in [2.75, 3.05) is 12.4 Å². The Kier molecular flexibility index (Phi) is 5.63. The molecular formula is C17H19ClN2OS. The zero-order valence-electron chi connectivity index (χ0n) is 12.9. The van der Waals surface area contributed by atoms with Gasteiger partial charge in [-0.3, -0.25) is 0 Å². The van der Waals surface area contributed by atoms with Gasteiger partial charge >= 0.3 is 0 Å². The summed E-state index contributed by atoms with van der Waals surface area (Å²) in [6.07, 6.45) is 0. The summed E-state index contributed by atoms with van der Waals surface area (Å²) >= 11 is 11.6. The molecule has 0 aromatic heterocycles. The fraction of sp³-hybridized carbons (Fsp3) is 0.235. The van der Waals surface area contributed by atoms with Gasteiger partial charge in [-0.05, 0) is 61.0 Å². The standard InChI is InChI=1S/C17H19ClN2OS/c1-11-8-12(2)16(15(18)9-11)20-17(22)19-10-13-4-6-14(21-3)7-5-13/h4-9H,10H2,1-3H3,(H2,19,20,22). The Morgan fingerprint density at radius 2 is 1.86 bits per heavy atom. The van der Waals surface area contributed by atoms with Gasteiger partial charge in [0, 0.05) is 6.54 Å². The third kappa shape index (κ3) is 4.36. The van der Waals surface area contributed by atoms with Gasteiger partial charge in [0.25, 0.3) is 0 Å². The Labute approximate surface area is 141 Å². The molecule has 0 aliphatic heterocycles. The molecule has 0 saturated heterocycles. The summed E-state index contributed by atoms with van der Waals surface area (Å²) in [7, 11) is 1.65. The largest absolute Gasteiger partial charge is 0.497 e. The number of thiocarbonyl (C=S) groups is 1. The average molecular weight is 335 g/mol. The van der Waals surface area contributed by atoms with Crippen molar-refractivity contribution in [3.8, 4) is 5.75 Å². The molecule has 0 bridgehead atoms. The summed E-state index contributed by atoms with van der Waals surface area (Å²) in [5.74, 6) is 0.839. The van der Waals surface area contributed by atoms with Crippen LogP contribution in [0.1, 0.15) is 16.7 Å². The molecule has 0 saturated carbocycles. The lowest BCUT2D eigenvalue weighted by atomic mass is 10.1. The molecule has 0 radical (unpaired) electrons. The van der Waals surface area contributed by atoms with Crippen molar-refractivity contribution in [3.05, 3.63) is 58.1 Å². The molecule has 2 N–H and O–H groups in total. The number of benzene rings is 2. The molecule has 116 valence electrons. The van der Waals surface area contributed by atoms with Crippen LogP contribution in [-0.2, 0) is 6.54 Å². The molecule has 0 atom stereocenters. The van der Waals surface area contributed by atoms with Gasteiger partial charge < -0.3 is 15.4 Å². The summed E-state index contributed by atoms with van der Waals surface area (Å²) < 4.78 is 5.14. The maximum atomic E-state index is 6.27. The molecule has 0 heterocycles. The number of rotatable bonds is 4. The quantitative estimate of drug-likeness (QED) is 0.809. The van der Waals surface area contributed by atoms with E-state index in [1.165, 1.54) is 0 Å². The second-order valence-electron chi connectivity index (χ2n) is 5.09. The minimum Gasteiger partial charge on any atom is -0.497 e. The molecule has 2 aromatic rings. The number of aryl methyl sites for hydroxylation is 2. The first kappa shape index (κ1) is 16.6. The number of anilines is 1. The van der Waals surface area contributed by atoms with E-state index in [-0.39, 0.29) is 0 Å². The fourth-order valence-corrected chi connectivity index (χ4v) is 2.70. The number of halogens is 1. The molecular weight excluding hydrogens is 316 g/mol. The van der Waals surface area contributed by atoms with Gasteiger partial charge in [0.15, 0.2) is 5.11 Å². The summed E-state index contributed by atoms with van der Waals surface area (Å²) in [6.45, 7) is 4.66. The average Bonchev–Trinajstić information content (AvgIpc) is 2.49. The van der Waals surface area contributed by atoms with Crippen LogP contribution in [0, 0.1) is 13.8 Å². The van der Waals surface area contributed by atoms with Crippen molar-refractivity contribution in [2.45, 2.75) is 20.4 Å². The lowest BCUT2D eigenvalue weighted by Crippen LogP contribution is -2.28. The van der Waals surface area contributed by atoms with E-state index in [4.69, 9.17) is 28.6 Å². The highest BCUT2D eigenvalue weighted by atomic mass is 35.5. The van der Waals surface area contributed by atoms with Crippen molar-refractivity contribution in [3.63, 3.8) is 0 Å². The van der Waals surface area contributed by atoms with Crippen LogP contribution in [0.5, 0.6) is 5.75 Å². The van der Waals surface area contributed by atoms with Gasteiger partial charge in [-0.15, -0.1) is 0 Å². The zero-order chi connectivity index (χ0) is 16.1. The van der Waals surface area contributed by atoms with E-state index in [1.54, 1.807) is 7.11 Å². The molecule has 2 rings (SSSR count). The van der Waals surface area contributed by atoms with Crippen molar-refractivity contribution in [1.29, 1.82) is 0 Å². The highest BCUT2D eigenvalue weighted by Crippen LogP contribution is 2.27. The Morgan fingerprint density at radius 3 is 2.45 bits per heavy atom. The van der Waals surface area contributed by atoms with E-state index in [2.05, 4.69) is 16.7 Å². The zero-order valence-corrected chi connectivity index (χ0v) is 14.4. The van der Waals surface area contributed by atoms with Gasteiger partial charge in [-0.25, -0.2) is 0 Å². The van der Waals surface area contributed by atoms with Crippen LogP contribution >= 0.6 is 23.8 Å². The van der Waals surface area contributed by atoms with Gasteiger partial charge in [0.2, 0.25) is 0 Å². The number of ether oxygens (including phenoxy) is 1. The molecule has 22 heavy (non-hydrogen) atoms. The Balaban J connectivity index is 1.95. The van der Waals surface area contributed by atoms with Gasteiger partial charge in [0.05, 0.1) is 17.8 Å². The predicted octanol–water partition coefficient (Wildman–Crippen LogP) is 4.45. The van der Waals surface area contributed by atoms with Crippen molar-refractivity contribution in [1.82, 2.24) is 5.32 Å². The second kappa shape index (κ2) is 7.47. The smallest absolute Gasteiger partial charge is 0.171 e. The first-order valence-electron chi connectivity index (χ1n) is 6.94. The maximum Gasteiger partial charge on any atom is 0.171 e. The topological polar surface area (TPSA) is 33.3 Å². The third-order valence-electron chi connectivity index (χ3n) is 3.28. The summed E-state index contributed by atoms with van der Waals surface area (Å²) in [6, 6.07) is 11.8. The molecule has 0 fully saturated rings. The summed E-state index contributed by atoms with van der Waals surface area (Å²) in [5, 5.41) is 7.56. The SMILES string of the molecule is COc1ccc(CNC(=S)Nc2c(C)cc(C)cc2Cl)cc1. The molecule has 0 spiro atoms. The van der Waals surface area contributed by atoms with Crippen LogP contribution in [0.3, 0.4) is 0 Å². The number of nitrogens with one attached hydrogen (secondary N) is 2. The Hall–Kier alpha value is -1.78. The fourth-order valence-electron chi connectivity index (χ4n) is 2.16. The van der Waals surface area contributed by atoms with Crippen molar-refractivity contribution in [2.24, 2.45) is 0 Å². The van der Waals surface area contributed by atoms with E-state index < -0.39 is 0 Å². The van der Waals surface area contributed by atoms with Gasteiger partial charge in [-0.1, -0.05) is 29.8 Å². The minimum atomic E-state index is 0.546. The predicted molar refractivity (Wildman–Crippen MR) is 97.0 cm³/mol. The number of methoxy groups -OCH3 is 1. The van der Waals surface area contributed by atoms with Gasteiger partial charge in [-0.2, -0.15) is 0 Å². The van der Waals surface area contributed by atoms with Crippen molar-refractivity contribution < 1.29 is 4.74 Å². The first-order chi connectivity index (χ1) is 10.5. The van der Waals surface area contributed by atoms with Crippen molar-refractivity contribution >= 4 is 34.6 Å². The van der Waals surface area contributed by atoms with Crippen LogP contribution in [0.4, 0.5) is 5.69 Å². The van der Waals surface area contributed by atoms with Crippen LogP contribution in [0.25, 0.3) is 0 Å². The number of hydrogen-bond donors (Lipinski definition) is 2. The summed E-state index contributed by atoms with van der Waals surface area (Å²) in [5.41, 5.74) is 4.17. The minimum absolute atomic E-state index is 0.546. The summed E-state index contributed by atoms with van der Waals surface area (Å²) in [4.78, 5) is 0. The van der Waals surface area contributed by atoms with Gasteiger partial charge in [0.1, 0.15) is 5.75 Å². The number of hydrogen-bond acceptors (Lipinski definition) is 2. The van der Waals surface area contributed by atoms with E-state index >= 15 is 0 Å². The van der Waals surface area contributed by atoms with E-state index in [1.807, 2.05) is 44.2 Å². The molecule has 0 aliphatic carbocycles. The highest BCUT2D eigenvalue weighted by Gasteiger charge is 2.07.